The predicted molar refractivity (Wildman–Crippen MR) is 374 cm³/mol. The smallest absolute Gasteiger partial charge is 0.142 e. The van der Waals surface area contributed by atoms with Crippen molar-refractivity contribution in [3.05, 3.63) is 290 Å². The van der Waals surface area contributed by atoms with Crippen molar-refractivity contribution in [2.75, 3.05) is 7.05 Å². The normalized spacial score (nSPS) is 13.0. The molecular formula is C80H62N8. The second-order valence-electron chi connectivity index (χ2n) is 22.6. The van der Waals surface area contributed by atoms with Crippen LogP contribution in [0.2, 0.25) is 0 Å². The molecule has 7 heterocycles. The second kappa shape index (κ2) is 21.3. The molecule has 7 aromatic heterocycles. The highest BCUT2D eigenvalue weighted by Gasteiger charge is 2.25. The molecule has 8 heteroatoms. The average Bonchev–Trinajstić information content (AvgIpc) is 1.73. The lowest BCUT2D eigenvalue weighted by Crippen LogP contribution is -2.13. The molecule has 0 aliphatic carbocycles. The number of hydrogen-bond donors (Lipinski definition) is 1. The highest BCUT2D eigenvalue weighted by atomic mass is 15.2. The van der Waals surface area contributed by atoms with E-state index in [1.54, 1.807) is 0 Å². The molecule has 0 atom stereocenters. The van der Waals surface area contributed by atoms with Crippen LogP contribution in [-0.2, 0) is 6.54 Å². The van der Waals surface area contributed by atoms with Crippen LogP contribution < -0.4 is 5.32 Å². The van der Waals surface area contributed by atoms with Gasteiger partial charge in [-0.05, 0) is 93.6 Å². The van der Waals surface area contributed by atoms with E-state index in [4.69, 9.17) is 4.98 Å². The van der Waals surface area contributed by atoms with Gasteiger partial charge in [-0.15, -0.1) is 0 Å². The van der Waals surface area contributed by atoms with Crippen molar-refractivity contribution >= 4 is 133 Å². The number of para-hydroxylation sites is 8. The maximum absolute atomic E-state index is 5.76. The van der Waals surface area contributed by atoms with E-state index in [1.807, 2.05) is 7.05 Å². The first kappa shape index (κ1) is 52.2. The Morgan fingerprint density at radius 3 is 1.53 bits per heavy atom. The minimum absolute atomic E-state index is 0.610. The number of nitrogens with one attached hydrogen (secondary N) is 1. The first-order valence-corrected chi connectivity index (χ1v) is 30.3. The van der Waals surface area contributed by atoms with Gasteiger partial charge in [-0.1, -0.05) is 194 Å². The Kier molecular flexibility index (Phi) is 12.6. The highest BCUT2D eigenvalue weighted by molar-refractivity contribution is 6.27. The minimum atomic E-state index is 0.610. The zero-order valence-corrected chi connectivity index (χ0v) is 49.5. The van der Waals surface area contributed by atoms with E-state index >= 15 is 0 Å². The Bertz CT molecular complexity index is 5580. The van der Waals surface area contributed by atoms with E-state index in [2.05, 4.69) is 339 Å². The van der Waals surface area contributed by atoms with Crippen LogP contribution in [0.15, 0.2) is 273 Å². The fourth-order valence-electron chi connectivity index (χ4n) is 14.1. The molecule has 0 bridgehead atoms. The number of aromatic nitrogens is 7. The third kappa shape index (κ3) is 8.17. The van der Waals surface area contributed by atoms with E-state index < -0.39 is 0 Å². The average molecular weight is 1140 g/mol. The lowest BCUT2D eigenvalue weighted by Gasteiger charge is -2.17. The van der Waals surface area contributed by atoms with E-state index in [0.717, 1.165) is 106 Å². The van der Waals surface area contributed by atoms with Crippen LogP contribution in [0.4, 0.5) is 0 Å². The molecule has 0 aliphatic rings. The van der Waals surface area contributed by atoms with Gasteiger partial charge < -0.3 is 19.0 Å². The molecule has 0 aliphatic heterocycles. The van der Waals surface area contributed by atoms with E-state index in [-0.39, 0.29) is 0 Å². The third-order valence-electron chi connectivity index (χ3n) is 17.8. The van der Waals surface area contributed by atoms with Crippen LogP contribution in [0.5, 0.6) is 0 Å². The molecule has 16 aromatic rings. The Balaban J connectivity index is 1.01. The SMILES string of the molecule is C/C=C\C=C/c1c(C)n(-c2cc(-n3c4ccccc4c4c5c(ccc43)c3ccccc3n5C(/C=C(\NC)n3c4ccccc4c4ccccc43)=C/Cn3c4ccccc4c4ccccc43)cc(-n3c(/C=C\C=C/C)cc4ccccc43)n2)c2ccccc12. The molecule has 0 amide bonds. The quantitative estimate of drug-likeness (QED) is 0.117. The topological polar surface area (TPSA) is 54.5 Å². The number of allylic oxidation sites excluding steroid dienone is 9. The van der Waals surface area contributed by atoms with Crippen molar-refractivity contribution in [1.82, 2.24) is 37.7 Å². The fraction of sp³-hybridized carbons (Fsp3) is 0.0625. The third-order valence-corrected chi connectivity index (χ3v) is 17.8. The zero-order valence-electron chi connectivity index (χ0n) is 49.5. The molecule has 422 valence electrons. The van der Waals surface area contributed by atoms with Gasteiger partial charge >= 0.3 is 0 Å². The summed E-state index contributed by atoms with van der Waals surface area (Å²) in [7, 11) is 2.05. The molecule has 0 fully saturated rings. The molecule has 0 saturated carbocycles. The summed E-state index contributed by atoms with van der Waals surface area (Å²) < 4.78 is 14.5. The van der Waals surface area contributed by atoms with Gasteiger partial charge in [0.15, 0.2) is 0 Å². The second-order valence-corrected chi connectivity index (χ2v) is 22.6. The van der Waals surface area contributed by atoms with E-state index in [1.165, 1.54) is 48.7 Å². The predicted octanol–water partition coefficient (Wildman–Crippen LogP) is 20.1. The summed E-state index contributed by atoms with van der Waals surface area (Å²) in [6, 6.07) is 81.9. The molecule has 0 unspecified atom stereocenters. The van der Waals surface area contributed by atoms with Crippen molar-refractivity contribution in [2.24, 2.45) is 0 Å². The van der Waals surface area contributed by atoms with Crippen molar-refractivity contribution in [3.63, 3.8) is 0 Å². The van der Waals surface area contributed by atoms with Gasteiger partial charge in [-0.25, -0.2) is 4.98 Å². The van der Waals surface area contributed by atoms with Gasteiger partial charge in [0.25, 0.3) is 0 Å². The molecular weight excluding hydrogens is 1070 g/mol. The highest BCUT2D eigenvalue weighted by Crippen LogP contribution is 2.44. The van der Waals surface area contributed by atoms with Crippen molar-refractivity contribution in [1.29, 1.82) is 0 Å². The number of pyridine rings is 1. The van der Waals surface area contributed by atoms with Gasteiger partial charge in [0.2, 0.25) is 0 Å². The fourth-order valence-corrected chi connectivity index (χ4v) is 14.1. The molecule has 0 spiro atoms. The molecule has 0 saturated heterocycles. The Morgan fingerprint density at radius 2 is 0.920 bits per heavy atom. The number of hydrogen-bond acceptors (Lipinski definition) is 2. The molecule has 88 heavy (non-hydrogen) atoms. The van der Waals surface area contributed by atoms with Gasteiger partial charge in [0, 0.05) is 119 Å². The summed E-state index contributed by atoms with van der Waals surface area (Å²) in [6.45, 7) is 6.93. The molecule has 0 radical (unpaired) electrons. The Labute approximate surface area is 509 Å². The summed E-state index contributed by atoms with van der Waals surface area (Å²) in [5.41, 5.74) is 16.5. The van der Waals surface area contributed by atoms with Crippen molar-refractivity contribution < 1.29 is 0 Å². The van der Waals surface area contributed by atoms with Gasteiger partial charge in [0.05, 0.1) is 49.8 Å². The van der Waals surface area contributed by atoms with Crippen LogP contribution in [0.1, 0.15) is 30.8 Å². The number of nitrogens with zero attached hydrogens (tertiary/aromatic N) is 7. The van der Waals surface area contributed by atoms with Crippen LogP contribution >= 0.6 is 0 Å². The maximum Gasteiger partial charge on any atom is 0.142 e. The maximum atomic E-state index is 5.76. The van der Waals surface area contributed by atoms with Crippen LogP contribution in [0.3, 0.4) is 0 Å². The van der Waals surface area contributed by atoms with Gasteiger partial charge in [0.1, 0.15) is 17.5 Å². The summed E-state index contributed by atoms with van der Waals surface area (Å²) in [5, 5.41) is 15.6. The number of fused-ring (bicyclic) bond motifs is 15. The lowest BCUT2D eigenvalue weighted by atomic mass is 10.1. The van der Waals surface area contributed by atoms with E-state index in [0.29, 0.717) is 6.54 Å². The summed E-state index contributed by atoms with van der Waals surface area (Å²) in [6.07, 6.45) is 21.8. The van der Waals surface area contributed by atoms with Crippen molar-refractivity contribution in [2.45, 2.75) is 27.3 Å². The van der Waals surface area contributed by atoms with Gasteiger partial charge in [-0.3, -0.25) is 13.7 Å². The van der Waals surface area contributed by atoms with Gasteiger partial charge in [-0.2, -0.15) is 0 Å². The minimum Gasteiger partial charge on any atom is -0.374 e. The number of rotatable bonds is 13. The molecule has 16 rings (SSSR count). The summed E-state index contributed by atoms with van der Waals surface area (Å²) in [4.78, 5) is 5.76. The lowest BCUT2D eigenvalue weighted by molar-refractivity contribution is 0.895. The van der Waals surface area contributed by atoms with Crippen LogP contribution in [-0.4, -0.2) is 39.4 Å². The standard InChI is InChI=1S/C80H62N8/c1-5-7-9-28-55-49-54-27-11-19-37-67(54)86(55)78-52-57(51-77(82-78)84-53(3)58(29-10-8-6-2)59-30-14-22-40-70(59)84)85-74-44-26-18-36-66(74)79-75(85)46-45-65-64-35-17-23-41-71(64)87(80(65)79)56(47-48-83-68-38-20-12-31-60(68)61-32-13-21-39-69(61)83)50-76(81-4)88-72-42-24-15-33-62(72)63-34-16-25-43-73(63)88/h5-47,49-52,81H,48H2,1-4H3/b7-5-,8-6-,28-9-,29-10-,56-47+,76-50+. The Morgan fingerprint density at radius 1 is 0.432 bits per heavy atom. The van der Waals surface area contributed by atoms with Crippen LogP contribution in [0, 0.1) is 6.92 Å². The summed E-state index contributed by atoms with van der Waals surface area (Å²) >= 11 is 0. The van der Waals surface area contributed by atoms with Crippen molar-refractivity contribution in [3.8, 4) is 17.3 Å². The Hall–Kier alpha value is -11.4. The monoisotopic (exact) mass is 1130 g/mol. The van der Waals surface area contributed by atoms with E-state index in [9.17, 15) is 0 Å². The molecule has 9 aromatic carbocycles. The first-order chi connectivity index (χ1) is 43.5. The molecule has 1 N–H and O–H groups in total. The summed E-state index contributed by atoms with van der Waals surface area (Å²) in [5.74, 6) is 2.58. The zero-order chi connectivity index (χ0) is 59.0. The first-order valence-electron chi connectivity index (χ1n) is 30.3. The molecule has 8 nitrogen and oxygen atoms in total. The number of benzene rings is 9. The van der Waals surface area contributed by atoms with Crippen LogP contribution in [0.25, 0.3) is 150 Å². The largest absolute Gasteiger partial charge is 0.374 e.